The first-order valence-electron chi connectivity index (χ1n) is 8.75. The number of anilines is 2. The number of benzene rings is 1. The Hall–Kier alpha value is -1.59. The molecule has 1 unspecified atom stereocenters. The maximum atomic E-state index is 12.3. The number of aliphatic hydroxyl groups excluding tert-OH is 1. The van der Waals surface area contributed by atoms with Crippen molar-refractivity contribution < 1.29 is 9.90 Å². The number of carbonyl (C=O) groups is 1. The largest absolute Gasteiger partial charge is 0.393 e. The van der Waals surface area contributed by atoms with Gasteiger partial charge in [-0.2, -0.15) is 0 Å². The smallest absolute Gasteiger partial charge is 0.224 e. The highest BCUT2D eigenvalue weighted by Crippen LogP contribution is 2.28. The number of rotatable bonds is 5. The summed E-state index contributed by atoms with van der Waals surface area (Å²) < 4.78 is 0. The summed E-state index contributed by atoms with van der Waals surface area (Å²) in [6.07, 6.45) is 4.11. The fourth-order valence-electron chi connectivity index (χ4n) is 3.47. The number of carbonyl (C=O) groups excluding carboxylic acids is 1. The van der Waals surface area contributed by atoms with Crippen LogP contribution < -0.4 is 15.5 Å². The van der Waals surface area contributed by atoms with Crippen molar-refractivity contribution in [1.29, 1.82) is 0 Å². The number of hydrogen-bond acceptors (Lipinski definition) is 4. The van der Waals surface area contributed by atoms with Gasteiger partial charge in [-0.3, -0.25) is 4.79 Å². The monoisotopic (exact) mass is 317 g/mol. The summed E-state index contributed by atoms with van der Waals surface area (Å²) in [6, 6.07) is 7.97. The SMILES string of the molecule is O=C(CCC1CCNC1)Nc1ccccc1N1CCC(O)CC1. The second-order valence-corrected chi connectivity index (χ2v) is 6.68. The molecular formula is C18H27N3O2. The summed E-state index contributed by atoms with van der Waals surface area (Å²) in [5.41, 5.74) is 1.95. The van der Waals surface area contributed by atoms with Gasteiger partial charge in [-0.15, -0.1) is 0 Å². The van der Waals surface area contributed by atoms with E-state index in [1.165, 1.54) is 6.42 Å². The second kappa shape index (κ2) is 7.79. The second-order valence-electron chi connectivity index (χ2n) is 6.68. The third-order valence-corrected chi connectivity index (χ3v) is 4.93. The third-order valence-electron chi connectivity index (χ3n) is 4.93. The number of aliphatic hydroxyl groups is 1. The van der Waals surface area contributed by atoms with Crippen molar-refractivity contribution in [1.82, 2.24) is 5.32 Å². The van der Waals surface area contributed by atoms with Crippen molar-refractivity contribution in [3.8, 4) is 0 Å². The summed E-state index contributed by atoms with van der Waals surface area (Å²) in [5, 5.41) is 16.1. The van der Waals surface area contributed by atoms with Crippen LogP contribution in [0.1, 0.15) is 32.1 Å². The van der Waals surface area contributed by atoms with Gasteiger partial charge in [-0.05, 0) is 56.8 Å². The van der Waals surface area contributed by atoms with Crippen molar-refractivity contribution in [3.05, 3.63) is 24.3 Å². The van der Waals surface area contributed by atoms with Crippen LogP contribution in [0.3, 0.4) is 0 Å². The van der Waals surface area contributed by atoms with Gasteiger partial charge < -0.3 is 20.6 Å². The number of hydrogen-bond donors (Lipinski definition) is 3. The van der Waals surface area contributed by atoms with Crippen LogP contribution in [-0.2, 0) is 4.79 Å². The maximum absolute atomic E-state index is 12.3. The molecule has 1 amide bonds. The molecule has 1 atom stereocenters. The predicted octanol–water partition coefficient (Wildman–Crippen LogP) is 1.98. The number of nitrogens with zero attached hydrogens (tertiary/aromatic N) is 1. The van der Waals surface area contributed by atoms with E-state index in [1.54, 1.807) is 0 Å². The normalized spacial score (nSPS) is 22.3. The fraction of sp³-hybridized carbons (Fsp3) is 0.611. The Labute approximate surface area is 138 Å². The number of amides is 1. The summed E-state index contributed by atoms with van der Waals surface area (Å²) in [5.74, 6) is 0.737. The van der Waals surface area contributed by atoms with E-state index in [4.69, 9.17) is 0 Å². The summed E-state index contributed by atoms with van der Waals surface area (Å²) >= 11 is 0. The topological polar surface area (TPSA) is 64.6 Å². The Balaban J connectivity index is 1.57. The third kappa shape index (κ3) is 4.45. The van der Waals surface area contributed by atoms with Crippen LogP contribution in [0.2, 0.25) is 0 Å². The molecule has 0 aromatic heterocycles. The molecule has 23 heavy (non-hydrogen) atoms. The zero-order valence-electron chi connectivity index (χ0n) is 13.6. The van der Waals surface area contributed by atoms with Crippen LogP contribution in [0, 0.1) is 5.92 Å². The van der Waals surface area contributed by atoms with Crippen LogP contribution in [0.25, 0.3) is 0 Å². The highest BCUT2D eigenvalue weighted by atomic mass is 16.3. The van der Waals surface area contributed by atoms with Crippen LogP contribution in [0.15, 0.2) is 24.3 Å². The van der Waals surface area contributed by atoms with Crippen LogP contribution >= 0.6 is 0 Å². The molecule has 0 saturated carbocycles. The molecule has 0 aliphatic carbocycles. The zero-order valence-corrected chi connectivity index (χ0v) is 13.6. The van der Waals surface area contributed by atoms with E-state index in [-0.39, 0.29) is 12.0 Å². The molecule has 1 aromatic rings. The molecule has 2 fully saturated rings. The van der Waals surface area contributed by atoms with Gasteiger partial charge in [-0.25, -0.2) is 0 Å². The van der Waals surface area contributed by atoms with E-state index in [2.05, 4.69) is 15.5 Å². The highest BCUT2D eigenvalue weighted by molar-refractivity contribution is 5.94. The average Bonchev–Trinajstić information content (AvgIpc) is 3.08. The number of piperidine rings is 1. The minimum Gasteiger partial charge on any atom is -0.393 e. The Morgan fingerprint density at radius 1 is 1.26 bits per heavy atom. The molecule has 5 heteroatoms. The van der Waals surface area contributed by atoms with Gasteiger partial charge in [0.1, 0.15) is 0 Å². The molecule has 5 nitrogen and oxygen atoms in total. The Bertz CT molecular complexity index is 521. The molecule has 2 aliphatic heterocycles. The fourth-order valence-corrected chi connectivity index (χ4v) is 3.47. The number of nitrogens with one attached hydrogen (secondary N) is 2. The van der Waals surface area contributed by atoms with E-state index >= 15 is 0 Å². The van der Waals surface area contributed by atoms with Crippen molar-refractivity contribution in [2.45, 2.75) is 38.2 Å². The average molecular weight is 317 g/mol. The minimum absolute atomic E-state index is 0.0985. The van der Waals surface area contributed by atoms with E-state index in [0.29, 0.717) is 12.3 Å². The molecular weight excluding hydrogens is 290 g/mol. The lowest BCUT2D eigenvalue weighted by molar-refractivity contribution is -0.116. The lowest BCUT2D eigenvalue weighted by atomic mass is 10.0. The van der Waals surface area contributed by atoms with E-state index in [1.807, 2.05) is 24.3 Å². The maximum Gasteiger partial charge on any atom is 0.224 e. The molecule has 3 rings (SSSR count). The molecule has 0 radical (unpaired) electrons. The summed E-state index contributed by atoms with van der Waals surface area (Å²) in [4.78, 5) is 14.5. The van der Waals surface area contributed by atoms with E-state index in [9.17, 15) is 9.90 Å². The first kappa shape index (κ1) is 16.3. The van der Waals surface area contributed by atoms with Crippen molar-refractivity contribution >= 4 is 17.3 Å². The van der Waals surface area contributed by atoms with Gasteiger partial charge in [-0.1, -0.05) is 12.1 Å². The standard InChI is InChI=1S/C18H27N3O2/c22-15-8-11-21(12-9-15)17-4-2-1-3-16(17)20-18(23)6-5-14-7-10-19-13-14/h1-4,14-15,19,22H,5-13H2,(H,20,23). The van der Waals surface area contributed by atoms with Gasteiger partial charge in [0.2, 0.25) is 5.91 Å². The van der Waals surface area contributed by atoms with Gasteiger partial charge in [0.05, 0.1) is 17.5 Å². The quantitative estimate of drug-likeness (QED) is 0.777. The van der Waals surface area contributed by atoms with Crippen LogP contribution in [0.4, 0.5) is 11.4 Å². The molecule has 2 saturated heterocycles. The predicted molar refractivity (Wildman–Crippen MR) is 92.7 cm³/mol. The molecule has 0 spiro atoms. The molecule has 2 heterocycles. The molecule has 2 aliphatic rings. The zero-order chi connectivity index (χ0) is 16.1. The van der Waals surface area contributed by atoms with Gasteiger partial charge in [0.25, 0.3) is 0 Å². The molecule has 126 valence electrons. The summed E-state index contributed by atoms with van der Waals surface area (Å²) in [6.45, 7) is 3.79. The lowest BCUT2D eigenvalue weighted by Crippen LogP contribution is -2.36. The van der Waals surface area contributed by atoms with Crippen molar-refractivity contribution in [2.75, 3.05) is 36.4 Å². The molecule has 1 aromatic carbocycles. The highest BCUT2D eigenvalue weighted by Gasteiger charge is 2.20. The molecule has 3 N–H and O–H groups in total. The van der Waals surface area contributed by atoms with Gasteiger partial charge in [0, 0.05) is 19.5 Å². The Kier molecular flexibility index (Phi) is 5.51. The lowest BCUT2D eigenvalue weighted by Gasteiger charge is -2.32. The summed E-state index contributed by atoms with van der Waals surface area (Å²) in [7, 11) is 0. The van der Waals surface area contributed by atoms with Crippen LogP contribution in [-0.4, -0.2) is 43.3 Å². The van der Waals surface area contributed by atoms with E-state index in [0.717, 1.165) is 56.8 Å². The Morgan fingerprint density at radius 2 is 2.04 bits per heavy atom. The van der Waals surface area contributed by atoms with E-state index < -0.39 is 0 Å². The Morgan fingerprint density at radius 3 is 2.78 bits per heavy atom. The minimum atomic E-state index is -0.187. The number of para-hydroxylation sites is 2. The first-order valence-corrected chi connectivity index (χ1v) is 8.75. The first-order chi connectivity index (χ1) is 11.2. The van der Waals surface area contributed by atoms with Gasteiger partial charge >= 0.3 is 0 Å². The van der Waals surface area contributed by atoms with Crippen LogP contribution in [0.5, 0.6) is 0 Å². The molecule has 0 bridgehead atoms. The van der Waals surface area contributed by atoms with Gasteiger partial charge in [0.15, 0.2) is 0 Å². The van der Waals surface area contributed by atoms with Crippen molar-refractivity contribution in [3.63, 3.8) is 0 Å². The van der Waals surface area contributed by atoms with Crippen molar-refractivity contribution in [2.24, 2.45) is 5.92 Å².